The Morgan fingerprint density at radius 2 is 1.71 bits per heavy atom. The highest BCUT2D eigenvalue weighted by molar-refractivity contribution is 6.33. The molecule has 3 nitrogen and oxygen atoms in total. The molecule has 0 fully saturated rings. The second-order valence-corrected chi connectivity index (χ2v) is 5.34. The van der Waals surface area contributed by atoms with Gasteiger partial charge >= 0.3 is 0 Å². The van der Waals surface area contributed by atoms with Gasteiger partial charge in [0.1, 0.15) is 6.10 Å². The first-order valence-corrected chi connectivity index (χ1v) is 7.03. The summed E-state index contributed by atoms with van der Waals surface area (Å²) >= 11 is 6.36. The van der Waals surface area contributed by atoms with Crippen LogP contribution in [0.5, 0.6) is 11.5 Å². The summed E-state index contributed by atoms with van der Waals surface area (Å²) in [6.07, 6.45) is -0.808. The molecule has 0 amide bonds. The smallest absolute Gasteiger partial charge is 0.179 e. The van der Waals surface area contributed by atoms with Gasteiger partial charge in [0.05, 0.1) is 19.2 Å². The SMILES string of the molecule is COc1ccc(C(O)c2cc(C)ccc2C)c(Cl)c1OC. The third-order valence-corrected chi connectivity index (χ3v) is 3.93. The number of aryl methyl sites for hydroxylation is 2. The molecule has 0 radical (unpaired) electrons. The van der Waals surface area contributed by atoms with Gasteiger partial charge in [0.2, 0.25) is 0 Å². The van der Waals surface area contributed by atoms with Crippen molar-refractivity contribution in [3.05, 3.63) is 57.6 Å². The number of methoxy groups -OCH3 is 2. The Bertz CT molecular complexity index is 653. The maximum absolute atomic E-state index is 10.7. The lowest BCUT2D eigenvalue weighted by Gasteiger charge is -2.19. The predicted molar refractivity (Wildman–Crippen MR) is 84.5 cm³/mol. The third-order valence-electron chi connectivity index (χ3n) is 3.54. The summed E-state index contributed by atoms with van der Waals surface area (Å²) in [5.41, 5.74) is 3.54. The largest absolute Gasteiger partial charge is 0.493 e. The molecule has 0 saturated carbocycles. The van der Waals surface area contributed by atoms with E-state index in [0.717, 1.165) is 16.7 Å². The van der Waals surface area contributed by atoms with Crippen LogP contribution in [0, 0.1) is 13.8 Å². The molecule has 2 rings (SSSR count). The molecule has 0 aliphatic heterocycles. The van der Waals surface area contributed by atoms with Crippen molar-refractivity contribution in [1.82, 2.24) is 0 Å². The fourth-order valence-corrected chi connectivity index (χ4v) is 2.67. The van der Waals surface area contributed by atoms with Crippen LogP contribution in [0.15, 0.2) is 30.3 Å². The molecule has 1 N–H and O–H groups in total. The first-order valence-electron chi connectivity index (χ1n) is 6.65. The van der Waals surface area contributed by atoms with Crippen LogP contribution in [0.25, 0.3) is 0 Å². The normalized spacial score (nSPS) is 12.1. The molecule has 0 aliphatic rings. The van der Waals surface area contributed by atoms with Crippen molar-refractivity contribution in [3.8, 4) is 11.5 Å². The van der Waals surface area contributed by atoms with E-state index in [1.807, 2.05) is 32.0 Å². The molecule has 0 bridgehead atoms. The quantitative estimate of drug-likeness (QED) is 0.926. The van der Waals surface area contributed by atoms with Crippen molar-refractivity contribution < 1.29 is 14.6 Å². The van der Waals surface area contributed by atoms with Gasteiger partial charge in [-0.2, -0.15) is 0 Å². The number of aliphatic hydroxyl groups is 1. The Morgan fingerprint density at radius 1 is 1.00 bits per heavy atom. The Balaban J connectivity index is 2.53. The summed E-state index contributed by atoms with van der Waals surface area (Å²) < 4.78 is 10.5. The fourth-order valence-electron chi connectivity index (χ4n) is 2.34. The molecule has 21 heavy (non-hydrogen) atoms. The van der Waals surface area contributed by atoms with E-state index in [0.29, 0.717) is 22.1 Å². The minimum atomic E-state index is -0.808. The second kappa shape index (κ2) is 6.37. The minimum Gasteiger partial charge on any atom is -0.493 e. The van der Waals surface area contributed by atoms with Gasteiger partial charge in [-0.3, -0.25) is 0 Å². The molecule has 1 unspecified atom stereocenters. The van der Waals surface area contributed by atoms with Crippen LogP contribution in [0.1, 0.15) is 28.4 Å². The van der Waals surface area contributed by atoms with E-state index in [2.05, 4.69) is 0 Å². The zero-order valence-electron chi connectivity index (χ0n) is 12.6. The Morgan fingerprint density at radius 3 is 2.33 bits per heavy atom. The van der Waals surface area contributed by atoms with Crippen LogP contribution in [-0.4, -0.2) is 19.3 Å². The average molecular weight is 307 g/mol. The van der Waals surface area contributed by atoms with Crippen molar-refractivity contribution in [2.45, 2.75) is 20.0 Å². The molecular formula is C17H19ClO3. The van der Waals surface area contributed by atoms with Crippen LogP contribution in [-0.2, 0) is 0 Å². The lowest BCUT2D eigenvalue weighted by atomic mass is 9.95. The van der Waals surface area contributed by atoms with E-state index in [4.69, 9.17) is 21.1 Å². The topological polar surface area (TPSA) is 38.7 Å². The first-order chi connectivity index (χ1) is 9.99. The van der Waals surface area contributed by atoms with E-state index in [1.165, 1.54) is 7.11 Å². The van der Waals surface area contributed by atoms with E-state index < -0.39 is 6.10 Å². The number of rotatable bonds is 4. The van der Waals surface area contributed by atoms with Crippen LogP contribution in [0.4, 0.5) is 0 Å². The molecule has 0 aromatic heterocycles. The highest BCUT2D eigenvalue weighted by Gasteiger charge is 2.21. The summed E-state index contributed by atoms with van der Waals surface area (Å²) in [7, 11) is 3.08. The van der Waals surface area contributed by atoms with Crippen molar-refractivity contribution in [2.24, 2.45) is 0 Å². The Hall–Kier alpha value is -1.71. The monoisotopic (exact) mass is 306 g/mol. The number of halogens is 1. The highest BCUT2D eigenvalue weighted by Crippen LogP contribution is 2.41. The second-order valence-electron chi connectivity index (χ2n) is 4.97. The van der Waals surface area contributed by atoms with E-state index in [-0.39, 0.29) is 0 Å². The number of benzene rings is 2. The molecule has 0 heterocycles. The van der Waals surface area contributed by atoms with Gasteiger partial charge in [-0.1, -0.05) is 41.4 Å². The van der Waals surface area contributed by atoms with Crippen molar-refractivity contribution >= 4 is 11.6 Å². The van der Waals surface area contributed by atoms with E-state index in [1.54, 1.807) is 19.2 Å². The van der Waals surface area contributed by atoms with Gasteiger partial charge < -0.3 is 14.6 Å². The fraction of sp³-hybridized carbons (Fsp3) is 0.294. The molecule has 0 aliphatic carbocycles. The predicted octanol–water partition coefficient (Wildman–Crippen LogP) is 4.06. The van der Waals surface area contributed by atoms with Crippen molar-refractivity contribution in [2.75, 3.05) is 14.2 Å². The minimum absolute atomic E-state index is 0.366. The van der Waals surface area contributed by atoms with Gasteiger partial charge in [0.15, 0.2) is 11.5 Å². The molecule has 2 aromatic rings. The van der Waals surface area contributed by atoms with Gasteiger partial charge in [0.25, 0.3) is 0 Å². The zero-order chi connectivity index (χ0) is 15.6. The Kier molecular flexibility index (Phi) is 4.76. The van der Waals surface area contributed by atoms with Crippen LogP contribution < -0.4 is 9.47 Å². The van der Waals surface area contributed by atoms with Crippen molar-refractivity contribution in [1.29, 1.82) is 0 Å². The van der Waals surface area contributed by atoms with Crippen LogP contribution >= 0.6 is 11.6 Å². The van der Waals surface area contributed by atoms with Crippen LogP contribution in [0.3, 0.4) is 0 Å². The van der Waals surface area contributed by atoms with Gasteiger partial charge in [0, 0.05) is 5.56 Å². The van der Waals surface area contributed by atoms with E-state index >= 15 is 0 Å². The first kappa shape index (κ1) is 15.7. The highest BCUT2D eigenvalue weighted by atomic mass is 35.5. The van der Waals surface area contributed by atoms with Gasteiger partial charge in [-0.25, -0.2) is 0 Å². The molecule has 2 aromatic carbocycles. The molecule has 112 valence electrons. The summed E-state index contributed by atoms with van der Waals surface area (Å²) in [5, 5.41) is 11.0. The number of aliphatic hydroxyl groups excluding tert-OH is 1. The maximum Gasteiger partial charge on any atom is 0.179 e. The number of ether oxygens (including phenoxy) is 2. The van der Waals surface area contributed by atoms with Gasteiger partial charge in [-0.15, -0.1) is 0 Å². The van der Waals surface area contributed by atoms with Gasteiger partial charge in [-0.05, 0) is 31.0 Å². The lowest BCUT2D eigenvalue weighted by molar-refractivity contribution is 0.218. The Labute approximate surface area is 130 Å². The third kappa shape index (κ3) is 2.99. The number of hydrogen-bond donors (Lipinski definition) is 1. The molecule has 0 spiro atoms. The summed E-state index contributed by atoms with van der Waals surface area (Å²) in [4.78, 5) is 0. The standard InChI is InChI=1S/C17H19ClO3/c1-10-5-6-11(2)13(9-10)16(19)12-7-8-14(20-3)17(21-4)15(12)18/h5-9,16,19H,1-4H3. The molecule has 1 atom stereocenters. The number of hydrogen-bond acceptors (Lipinski definition) is 3. The summed E-state index contributed by atoms with van der Waals surface area (Å²) in [5.74, 6) is 0.973. The molecule has 0 saturated heterocycles. The average Bonchev–Trinajstić information content (AvgIpc) is 2.48. The summed E-state index contributed by atoms with van der Waals surface area (Å²) in [6.45, 7) is 3.96. The molecule has 4 heteroatoms. The van der Waals surface area contributed by atoms with E-state index in [9.17, 15) is 5.11 Å². The van der Waals surface area contributed by atoms with Crippen LogP contribution in [0.2, 0.25) is 5.02 Å². The maximum atomic E-state index is 10.7. The van der Waals surface area contributed by atoms with Crippen molar-refractivity contribution in [3.63, 3.8) is 0 Å². The zero-order valence-corrected chi connectivity index (χ0v) is 13.4. The lowest BCUT2D eigenvalue weighted by Crippen LogP contribution is -2.05. The summed E-state index contributed by atoms with van der Waals surface area (Å²) in [6, 6.07) is 9.47. The molecular weight excluding hydrogens is 288 g/mol.